The highest BCUT2D eigenvalue weighted by Crippen LogP contribution is 2.22. The van der Waals surface area contributed by atoms with Gasteiger partial charge in [-0.05, 0) is 19.1 Å². The molecule has 0 saturated heterocycles. The molecule has 0 N–H and O–H groups in total. The van der Waals surface area contributed by atoms with Crippen LogP contribution in [0.3, 0.4) is 0 Å². The first-order chi connectivity index (χ1) is 9.03. The third kappa shape index (κ3) is 3.05. The number of para-hydroxylation sites is 1. The van der Waals surface area contributed by atoms with Crippen molar-refractivity contribution in [1.29, 1.82) is 0 Å². The maximum atomic E-state index is 13.6. The molecule has 0 radical (unpaired) electrons. The monoisotopic (exact) mass is 265 g/mol. The maximum Gasteiger partial charge on any atom is 0.377 e. The van der Waals surface area contributed by atoms with Gasteiger partial charge in [0.15, 0.2) is 0 Å². The number of nitrogens with zero attached hydrogens (tertiary/aromatic N) is 1. The quantitative estimate of drug-likeness (QED) is 0.798. The van der Waals surface area contributed by atoms with Crippen LogP contribution < -0.4 is 0 Å². The topological polar surface area (TPSA) is 39.2 Å². The molecule has 5 heteroatoms. The van der Waals surface area contributed by atoms with Gasteiger partial charge in [-0.25, -0.2) is 4.79 Å². The van der Waals surface area contributed by atoms with Crippen molar-refractivity contribution in [2.75, 3.05) is 6.61 Å². The summed E-state index contributed by atoms with van der Waals surface area (Å²) in [5, 5.41) is 0.866. The van der Waals surface area contributed by atoms with Crippen LogP contribution in [0.1, 0.15) is 12.6 Å². The molecule has 0 aliphatic heterocycles. The molecule has 0 unspecified atom stereocenters. The van der Waals surface area contributed by atoms with Gasteiger partial charge in [0.2, 0.25) is 0 Å². The molecule has 2 rings (SSSR count). The third-order valence-corrected chi connectivity index (χ3v) is 2.63. The minimum atomic E-state index is -3.55. The lowest BCUT2D eigenvalue weighted by molar-refractivity contribution is -0.171. The Labute approximate surface area is 109 Å². The van der Waals surface area contributed by atoms with Gasteiger partial charge in [-0.15, -0.1) is 0 Å². The van der Waals surface area contributed by atoms with E-state index >= 15 is 0 Å². The Hall–Kier alpha value is -2.04. The molecule has 1 aromatic heterocycles. The molecule has 0 aliphatic rings. The van der Waals surface area contributed by atoms with Gasteiger partial charge in [0.1, 0.15) is 0 Å². The van der Waals surface area contributed by atoms with Crippen LogP contribution in [0.5, 0.6) is 0 Å². The first-order valence-electron chi connectivity index (χ1n) is 5.92. The zero-order valence-corrected chi connectivity index (χ0v) is 10.4. The smallest absolute Gasteiger partial charge is 0.377 e. The summed E-state index contributed by atoms with van der Waals surface area (Å²) >= 11 is 0. The predicted molar refractivity (Wildman–Crippen MR) is 67.0 cm³/mol. The Morgan fingerprint density at radius 1 is 1.26 bits per heavy atom. The summed E-state index contributed by atoms with van der Waals surface area (Å²) in [4.78, 5) is 15.2. The van der Waals surface area contributed by atoms with Crippen LogP contribution in [0.15, 0.2) is 36.4 Å². The number of fused-ring (bicyclic) bond motifs is 1. The zero-order chi connectivity index (χ0) is 13.9. The second-order valence-corrected chi connectivity index (χ2v) is 4.10. The van der Waals surface area contributed by atoms with E-state index in [9.17, 15) is 13.6 Å². The Bertz CT molecular complexity index is 599. The molecular weight excluding hydrogens is 252 g/mol. The first kappa shape index (κ1) is 13.4. The van der Waals surface area contributed by atoms with Crippen LogP contribution in [0, 0.1) is 0 Å². The number of carbonyl (C=O) groups excluding carboxylic acids is 1. The highest BCUT2D eigenvalue weighted by atomic mass is 19.3. The average Bonchev–Trinajstić information content (AvgIpc) is 2.38. The molecule has 0 bridgehead atoms. The summed E-state index contributed by atoms with van der Waals surface area (Å²) in [7, 11) is 0. The minimum Gasteiger partial charge on any atom is -0.462 e. The summed E-state index contributed by atoms with van der Waals surface area (Å²) in [6.07, 6.45) is -0.753. The van der Waals surface area contributed by atoms with Crippen molar-refractivity contribution in [3.8, 4) is 0 Å². The molecule has 0 amide bonds. The van der Waals surface area contributed by atoms with Gasteiger partial charge in [0, 0.05) is 11.1 Å². The highest BCUT2D eigenvalue weighted by molar-refractivity contribution is 5.79. The third-order valence-electron chi connectivity index (χ3n) is 2.63. The number of halogens is 2. The van der Waals surface area contributed by atoms with Crippen molar-refractivity contribution in [3.63, 3.8) is 0 Å². The highest BCUT2D eigenvalue weighted by Gasteiger charge is 2.41. The van der Waals surface area contributed by atoms with Crippen LogP contribution in [0.25, 0.3) is 10.9 Å². The van der Waals surface area contributed by atoms with Crippen molar-refractivity contribution in [3.05, 3.63) is 42.1 Å². The van der Waals surface area contributed by atoms with Gasteiger partial charge in [-0.3, -0.25) is 4.98 Å². The second kappa shape index (κ2) is 5.30. The lowest BCUT2D eigenvalue weighted by atomic mass is 10.1. The molecule has 2 aromatic rings. The lowest BCUT2D eigenvalue weighted by Crippen LogP contribution is -2.33. The van der Waals surface area contributed by atoms with Crippen molar-refractivity contribution in [2.45, 2.75) is 19.3 Å². The summed E-state index contributed by atoms with van der Waals surface area (Å²) in [5.74, 6) is -5.06. The van der Waals surface area contributed by atoms with E-state index in [2.05, 4.69) is 9.72 Å². The second-order valence-electron chi connectivity index (χ2n) is 4.10. The fraction of sp³-hybridized carbons (Fsp3) is 0.286. The summed E-state index contributed by atoms with van der Waals surface area (Å²) in [6, 6.07) is 10.4. The molecular formula is C14H13F2NO2. The molecule has 0 fully saturated rings. The Morgan fingerprint density at radius 2 is 2.00 bits per heavy atom. The van der Waals surface area contributed by atoms with Crippen molar-refractivity contribution < 1.29 is 18.3 Å². The number of esters is 1. The van der Waals surface area contributed by atoms with Gasteiger partial charge in [0.05, 0.1) is 18.5 Å². The predicted octanol–water partition coefficient (Wildman–Crippen LogP) is 2.98. The largest absolute Gasteiger partial charge is 0.462 e. The fourth-order valence-electron chi connectivity index (χ4n) is 1.74. The Kier molecular flexibility index (Phi) is 3.74. The number of carbonyl (C=O) groups is 1. The van der Waals surface area contributed by atoms with E-state index in [1.807, 2.05) is 12.1 Å². The van der Waals surface area contributed by atoms with E-state index in [4.69, 9.17) is 0 Å². The molecule has 1 aromatic carbocycles. The van der Waals surface area contributed by atoms with Crippen molar-refractivity contribution in [2.24, 2.45) is 0 Å². The van der Waals surface area contributed by atoms with Gasteiger partial charge in [-0.1, -0.05) is 24.3 Å². The van der Waals surface area contributed by atoms with E-state index in [0.717, 1.165) is 5.39 Å². The number of benzene rings is 1. The standard InChI is InChI=1S/C14H13F2NO2/c1-2-19-13(18)14(15,16)9-11-8-7-10-5-3-4-6-12(10)17-11/h3-8H,2,9H2,1H3. The van der Waals surface area contributed by atoms with Gasteiger partial charge in [-0.2, -0.15) is 8.78 Å². The summed E-state index contributed by atoms with van der Waals surface area (Å²) < 4.78 is 31.5. The lowest BCUT2D eigenvalue weighted by Gasteiger charge is -2.14. The van der Waals surface area contributed by atoms with Crippen molar-refractivity contribution in [1.82, 2.24) is 4.98 Å². The summed E-state index contributed by atoms with van der Waals surface area (Å²) in [5.41, 5.74) is 0.788. The Morgan fingerprint density at radius 3 is 2.74 bits per heavy atom. The molecule has 0 saturated carbocycles. The van der Waals surface area contributed by atoms with E-state index in [-0.39, 0.29) is 12.3 Å². The molecule has 100 valence electrons. The summed E-state index contributed by atoms with van der Waals surface area (Å²) in [6.45, 7) is 1.42. The molecule has 0 aliphatic carbocycles. The van der Waals surface area contributed by atoms with Crippen LogP contribution in [-0.2, 0) is 16.0 Å². The molecule has 0 atom stereocenters. The SMILES string of the molecule is CCOC(=O)C(F)(F)Cc1ccc2ccccc2n1. The van der Waals surface area contributed by atoms with Crippen LogP contribution in [0.2, 0.25) is 0 Å². The molecule has 3 nitrogen and oxygen atoms in total. The molecule has 19 heavy (non-hydrogen) atoms. The maximum absolute atomic E-state index is 13.6. The molecule has 0 spiro atoms. The minimum absolute atomic E-state index is 0.0699. The van der Waals surface area contributed by atoms with Crippen LogP contribution in [-0.4, -0.2) is 23.5 Å². The van der Waals surface area contributed by atoms with E-state index in [1.165, 1.54) is 13.0 Å². The number of alkyl halides is 2. The molecule has 1 heterocycles. The van der Waals surface area contributed by atoms with E-state index in [0.29, 0.717) is 5.52 Å². The zero-order valence-electron chi connectivity index (χ0n) is 10.4. The van der Waals surface area contributed by atoms with Crippen molar-refractivity contribution >= 4 is 16.9 Å². The van der Waals surface area contributed by atoms with Crippen LogP contribution in [0.4, 0.5) is 8.78 Å². The number of ether oxygens (including phenoxy) is 1. The fourth-order valence-corrected chi connectivity index (χ4v) is 1.74. The van der Waals surface area contributed by atoms with E-state index in [1.54, 1.807) is 18.2 Å². The van der Waals surface area contributed by atoms with Gasteiger partial charge in [0.25, 0.3) is 0 Å². The number of hydrogen-bond donors (Lipinski definition) is 0. The normalized spacial score (nSPS) is 11.5. The number of aromatic nitrogens is 1. The van der Waals surface area contributed by atoms with Gasteiger partial charge < -0.3 is 4.74 Å². The van der Waals surface area contributed by atoms with Gasteiger partial charge >= 0.3 is 11.9 Å². The average molecular weight is 265 g/mol. The van der Waals surface area contributed by atoms with Crippen LogP contribution >= 0.6 is 0 Å². The van der Waals surface area contributed by atoms with E-state index < -0.39 is 18.3 Å². The first-order valence-corrected chi connectivity index (χ1v) is 5.92. The Balaban J connectivity index is 2.23. The number of rotatable bonds is 4. The number of pyridine rings is 1. The number of hydrogen-bond acceptors (Lipinski definition) is 3.